The zero-order chi connectivity index (χ0) is 15.7. The fraction of sp³-hybridized carbons (Fsp3) is 0.684. The number of unbranched alkanes of at least 4 members (excludes halogenated alkanes) is 5. The molecule has 1 N–H and O–H groups in total. The molecule has 1 aromatic carbocycles. The normalized spacial score (nSPS) is 13.4. The molecular weight excluding hydrogens is 261 g/mol. The average Bonchev–Trinajstić information content (AvgIpc) is 2.42. The highest BCUT2D eigenvalue weighted by Crippen LogP contribution is 2.32. The van der Waals surface area contributed by atoms with E-state index in [2.05, 4.69) is 33.0 Å². The molecule has 0 heterocycles. The Hall–Kier alpha value is -0.890. The Morgan fingerprint density at radius 3 is 2.10 bits per heavy atom. The predicted molar refractivity (Wildman–Crippen MR) is 90.0 cm³/mol. The monoisotopic (exact) mass is 293 g/mol. The van der Waals surface area contributed by atoms with Crippen molar-refractivity contribution in [3.05, 3.63) is 35.6 Å². The third kappa shape index (κ3) is 7.08. The van der Waals surface area contributed by atoms with E-state index in [1.165, 1.54) is 44.1 Å². The summed E-state index contributed by atoms with van der Waals surface area (Å²) in [5.74, 6) is -0.165. The lowest BCUT2D eigenvalue weighted by Gasteiger charge is -2.32. The van der Waals surface area contributed by atoms with Crippen molar-refractivity contribution < 1.29 is 4.39 Å². The van der Waals surface area contributed by atoms with E-state index in [1.54, 1.807) is 12.1 Å². The second-order valence-electron chi connectivity index (χ2n) is 7.07. The Kier molecular flexibility index (Phi) is 7.95. The first-order chi connectivity index (χ1) is 9.95. The van der Waals surface area contributed by atoms with Gasteiger partial charge in [-0.15, -0.1) is 0 Å². The van der Waals surface area contributed by atoms with E-state index in [0.717, 1.165) is 6.54 Å². The number of rotatable bonds is 9. The molecule has 1 rings (SSSR count). The summed E-state index contributed by atoms with van der Waals surface area (Å²) < 4.78 is 13.1. The van der Waals surface area contributed by atoms with Gasteiger partial charge in [-0.1, -0.05) is 71.9 Å². The van der Waals surface area contributed by atoms with Gasteiger partial charge in [0.2, 0.25) is 0 Å². The van der Waals surface area contributed by atoms with Gasteiger partial charge in [0.15, 0.2) is 0 Å². The van der Waals surface area contributed by atoms with Crippen LogP contribution in [0.3, 0.4) is 0 Å². The first-order valence-electron chi connectivity index (χ1n) is 8.44. The van der Waals surface area contributed by atoms with Gasteiger partial charge in [0, 0.05) is 6.04 Å². The summed E-state index contributed by atoms with van der Waals surface area (Å²) in [4.78, 5) is 0. The van der Waals surface area contributed by atoms with Crippen molar-refractivity contribution in [1.29, 1.82) is 0 Å². The lowest BCUT2D eigenvalue weighted by molar-refractivity contribution is 0.271. The summed E-state index contributed by atoms with van der Waals surface area (Å²) in [6.45, 7) is 9.98. The Labute approximate surface area is 130 Å². The third-order valence-electron chi connectivity index (χ3n) is 3.95. The van der Waals surface area contributed by atoms with Gasteiger partial charge in [-0.25, -0.2) is 4.39 Å². The second kappa shape index (κ2) is 9.19. The van der Waals surface area contributed by atoms with Crippen LogP contribution in [0.5, 0.6) is 0 Å². The van der Waals surface area contributed by atoms with Gasteiger partial charge in [-0.3, -0.25) is 0 Å². The molecule has 1 atom stereocenters. The standard InChI is InChI=1S/C19H32FN/c1-5-6-7-8-9-10-15-21-18(19(2,3)4)16-11-13-17(20)14-12-16/h11-14,18,21H,5-10,15H2,1-4H3. The molecule has 0 spiro atoms. The van der Waals surface area contributed by atoms with Gasteiger partial charge in [0.05, 0.1) is 0 Å². The molecule has 0 amide bonds. The minimum Gasteiger partial charge on any atom is -0.309 e. The lowest BCUT2D eigenvalue weighted by Crippen LogP contribution is -2.33. The van der Waals surface area contributed by atoms with E-state index in [-0.39, 0.29) is 17.3 Å². The van der Waals surface area contributed by atoms with Crippen LogP contribution in [0.25, 0.3) is 0 Å². The first-order valence-corrected chi connectivity index (χ1v) is 8.44. The number of nitrogens with one attached hydrogen (secondary N) is 1. The number of hydrogen-bond acceptors (Lipinski definition) is 1. The van der Waals surface area contributed by atoms with Crippen molar-refractivity contribution in [2.75, 3.05) is 6.54 Å². The molecule has 0 aliphatic carbocycles. The van der Waals surface area contributed by atoms with Crippen LogP contribution in [0.2, 0.25) is 0 Å². The van der Waals surface area contributed by atoms with Crippen molar-refractivity contribution in [2.45, 2.75) is 72.3 Å². The Morgan fingerprint density at radius 1 is 0.952 bits per heavy atom. The van der Waals surface area contributed by atoms with E-state index in [9.17, 15) is 4.39 Å². The van der Waals surface area contributed by atoms with Gasteiger partial charge < -0.3 is 5.32 Å². The fourth-order valence-corrected chi connectivity index (χ4v) is 2.73. The molecule has 1 aromatic rings. The molecular formula is C19H32FN. The predicted octanol–water partition coefficient (Wildman–Crippen LogP) is 5.86. The molecule has 0 saturated carbocycles. The summed E-state index contributed by atoms with van der Waals surface area (Å²) in [6, 6.07) is 7.19. The van der Waals surface area contributed by atoms with Crippen LogP contribution in [0, 0.1) is 11.2 Å². The Morgan fingerprint density at radius 2 is 1.52 bits per heavy atom. The SMILES string of the molecule is CCCCCCCCNC(c1ccc(F)cc1)C(C)(C)C. The fourth-order valence-electron chi connectivity index (χ4n) is 2.73. The summed E-state index contributed by atoms with van der Waals surface area (Å²) in [6.07, 6.45) is 7.87. The lowest BCUT2D eigenvalue weighted by atomic mass is 9.82. The summed E-state index contributed by atoms with van der Waals surface area (Å²) in [5.41, 5.74) is 1.30. The quantitative estimate of drug-likeness (QED) is 0.562. The molecule has 0 aliphatic heterocycles. The summed E-state index contributed by atoms with van der Waals surface area (Å²) in [5, 5.41) is 3.66. The highest BCUT2D eigenvalue weighted by Gasteiger charge is 2.25. The van der Waals surface area contributed by atoms with E-state index in [0.29, 0.717) is 0 Å². The van der Waals surface area contributed by atoms with Crippen molar-refractivity contribution in [2.24, 2.45) is 5.41 Å². The minimum absolute atomic E-state index is 0.125. The first kappa shape index (κ1) is 18.2. The van der Waals surface area contributed by atoms with Crippen molar-refractivity contribution in [3.63, 3.8) is 0 Å². The smallest absolute Gasteiger partial charge is 0.123 e. The Bertz CT molecular complexity index is 378. The molecule has 1 nitrogen and oxygen atoms in total. The van der Waals surface area contributed by atoms with Crippen LogP contribution in [-0.4, -0.2) is 6.54 Å². The Balaban J connectivity index is 2.43. The van der Waals surface area contributed by atoms with Crippen LogP contribution < -0.4 is 5.32 Å². The number of halogens is 1. The zero-order valence-electron chi connectivity index (χ0n) is 14.2. The zero-order valence-corrected chi connectivity index (χ0v) is 14.2. The van der Waals surface area contributed by atoms with E-state index < -0.39 is 0 Å². The molecule has 0 saturated heterocycles. The van der Waals surface area contributed by atoms with Gasteiger partial charge in [-0.2, -0.15) is 0 Å². The van der Waals surface area contributed by atoms with Crippen LogP contribution in [0.1, 0.15) is 77.8 Å². The van der Waals surface area contributed by atoms with Crippen LogP contribution in [-0.2, 0) is 0 Å². The van der Waals surface area contributed by atoms with Crippen LogP contribution in [0.15, 0.2) is 24.3 Å². The van der Waals surface area contributed by atoms with Crippen molar-refractivity contribution in [1.82, 2.24) is 5.32 Å². The minimum atomic E-state index is -0.165. The van der Waals surface area contributed by atoms with Crippen LogP contribution >= 0.6 is 0 Å². The van der Waals surface area contributed by atoms with Gasteiger partial charge in [-0.05, 0) is 36.1 Å². The number of hydrogen-bond donors (Lipinski definition) is 1. The maximum Gasteiger partial charge on any atom is 0.123 e. The van der Waals surface area contributed by atoms with Gasteiger partial charge >= 0.3 is 0 Å². The maximum absolute atomic E-state index is 13.1. The molecule has 2 heteroatoms. The molecule has 120 valence electrons. The molecule has 21 heavy (non-hydrogen) atoms. The van der Waals surface area contributed by atoms with Gasteiger partial charge in [0.25, 0.3) is 0 Å². The third-order valence-corrected chi connectivity index (χ3v) is 3.95. The largest absolute Gasteiger partial charge is 0.309 e. The van der Waals surface area contributed by atoms with E-state index >= 15 is 0 Å². The van der Waals surface area contributed by atoms with Crippen LogP contribution in [0.4, 0.5) is 4.39 Å². The molecule has 1 unspecified atom stereocenters. The van der Waals surface area contributed by atoms with E-state index in [1.807, 2.05) is 12.1 Å². The van der Waals surface area contributed by atoms with Gasteiger partial charge in [0.1, 0.15) is 5.82 Å². The highest BCUT2D eigenvalue weighted by atomic mass is 19.1. The maximum atomic E-state index is 13.1. The van der Waals surface area contributed by atoms with E-state index in [4.69, 9.17) is 0 Å². The molecule has 0 fully saturated rings. The van der Waals surface area contributed by atoms with Crippen molar-refractivity contribution in [3.8, 4) is 0 Å². The van der Waals surface area contributed by atoms with Crippen molar-refractivity contribution >= 4 is 0 Å². The number of benzene rings is 1. The molecule has 0 radical (unpaired) electrons. The topological polar surface area (TPSA) is 12.0 Å². The average molecular weight is 293 g/mol. The highest BCUT2D eigenvalue weighted by molar-refractivity contribution is 5.21. The molecule has 0 aliphatic rings. The second-order valence-corrected chi connectivity index (χ2v) is 7.07. The molecule has 0 bridgehead atoms. The molecule has 0 aromatic heterocycles. The summed E-state index contributed by atoms with van der Waals surface area (Å²) in [7, 11) is 0. The summed E-state index contributed by atoms with van der Waals surface area (Å²) >= 11 is 0.